The van der Waals surface area contributed by atoms with Crippen LogP contribution in [0.4, 0.5) is 5.69 Å². The molecule has 0 spiro atoms. The maximum atomic E-state index is 12.5. The van der Waals surface area contributed by atoms with Crippen LogP contribution in [0.5, 0.6) is 0 Å². The Morgan fingerprint density at radius 3 is 2.35 bits per heavy atom. The van der Waals surface area contributed by atoms with Gasteiger partial charge in [0.15, 0.2) is 6.61 Å². The monoisotopic (exact) mass is 447 g/mol. The molecule has 0 aromatic heterocycles. The third-order valence-electron chi connectivity index (χ3n) is 4.28. The number of carbonyl (C=O) groups excluding carboxylic acids is 3. The van der Waals surface area contributed by atoms with Crippen LogP contribution in [0.25, 0.3) is 0 Å². The summed E-state index contributed by atoms with van der Waals surface area (Å²) >= 11 is 0. The second kappa shape index (κ2) is 10.2. The summed E-state index contributed by atoms with van der Waals surface area (Å²) in [5.74, 6) is -2.14. The number of primary sulfonamides is 1. The summed E-state index contributed by atoms with van der Waals surface area (Å²) in [7, 11) is -3.92. The number of hydrogen-bond acceptors (Lipinski definition) is 6. The van der Waals surface area contributed by atoms with Gasteiger partial charge in [-0.3, -0.25) is 9.59 Å². The highest BCUT2D eigenvalue weighted by Crippen LogP contribution is 2.14. The summed E-state index contributed by atoms with van der Waals surface area (Å²) < 4.78 is 27.8. The third-order valence-corrected chi connectivity index (χ3v) is 5.19. The molecule has 2 amide bonds. The van der Waals surface area contributed by atoms with Gasteiger partial charge in [-0.2, -0.15) is 0 Å². The van der Waals surface area contributed by atoms with Gasteiger partial charge in [-0.05, 0) is 43.2 Å². The van der Waals surface area contributed by atoms with E-state index in [1.165, 1.54) is 24.3 Å². The maximum Gasteiger partial charge on any atom is 0.329 e. The van der Waals surface area contributed by atoms with Crippen molar-refractivity contribution in [1.82, 2.24) is 5.32 Å². The molecule has 4 N–H and O–H groups in total. The molecule has 0 heterocycles. The van der Waals surface area contributed by atoms with Gasteiger partial charge in [0.2, 0.25) is 10.0 Å². The van der Waals surface area contributed by atoms with Crippen LogP contribution in [-0.4, -0.2) is 38.9 Å². The van der Waals surface area contributed by atoms with Gasteiger partial charge < -0.3 is 15.4 Å². The molecule has 166 valence electrons. The molecule has 0 aliphatic rings. The predicted octanol–water partition coefficient (Wildman–Crippen LogP) is 1.58. The van der Waals surface area contributed by atoms with E-state index in [2.05, 4.69) is 10.6 Å². The molecular weight excluding hydrogens is 422 g/mol. The van der Waals surface area contributed by atoms with Crippen LogP contribution in [0.2, 0.25) is 0 Å². The Morgan fingerprint density at radius 1 is 1.06 bits per heavy atom. The zero-order valence-corrected chi connectivity index (χ0v) is 18.2. The van der Waals surface area contributed by atoms with E-state index in [1.54, 1.807) is 32.0 Å². The molecule has 0 aliphatic heterocycles. The second-order valence-electron chi connectivity index (χ2n) is 7.29. The molecule has 31 heavy (non-hydrogen) atoms. The highest BCUT2D eigenvalue weighted by atomic mass is 32.2. The summed E-state index contributed by atoms with van der Waals surface area (Å²) in [6, 6.07) is 11.3. The SMILES string of the molecule is Cc1cccc(C(=O)N[C@H](C(=O)OCC(=O)Nc2cccc(S(N)(=O)=O)c2)C(C)C)c1. The van der Waals surface area contributed by atoms with Gasteiger partial charge in [-0.15, -0.1) is 0 Å². The Kier molecular flexibility index (Phi) is 7.89. The molecular formula is C21H25N3O6S. The predicted molar refractivity (Wildman–Crippen MR) is 115 cm³/mol. The van der Waals surface area contributed by atoms with Crippen molar-refractivity contribution in [3.05, 3.63) is 59.7 Å². The van der Waals surface area contributed by atoms with Crippen LogP contribution in [0, 0.1) is 12.8 Å². The van der Waals surface area contributed by atoms with E-state index in [1.807, 2.05) is 13.0 Å². The van der Waals surface area contributed by atoms with Gasteiger partial charge in [0.1, 0.15) is 6.04 Å². The van der Waals surface area contributed by atoms with E-state index in [4.69, 9.17) is 9.88 Å². The molecule has 2 aromatic carbocycles. The largest absolute Gasteiger partial charge is 0.454 e. The van der Waals surface area contributed by atoms with Crippen LogP contribution in [0.1, 0.15) is 29.8 Å². The third kappa shape index (κ3) is 7.19. The Hall–Kier alpha value is -3.24. The molecule has 0 radical (unpaired) electrons. The minimum Gasteiger partial charge on any atom is -0.454 e. The van der Waals surface area contributed by atoms with Crippen LogP contribution in [-0.2, 0) is 24.3 Å². The second-order valence-corrected chi connectivity index (χ2v) is 8.85. The average Bonchev–Trinajstić information content (AvgIpc) is 2.69. The van der Waals surface area contributed by atoms with Crippen LogP contribution in [0.15, 0.2) is 53.4 Å². The Morgan fingerprint density at radius 2 is 1.74 bits per heavy atom. The Balaban J connectivity index is 1.97. The molecule has 0 aliphatic carbocycles. The van der Waals surface area contributed by atoms with E-state index in [9.17, 15) is 22.8 Å². The summed E-state index contributed by atoms with van der Waals surface area (Å²) in [5, 5.41) is 10.1. The van der Waals surface area contributed by atoms with E-state index in [-0.39, 0.29) is 16.5 Å². The smallest absolute Gasteiger partial charge is 0.329 e. The number of esters is 1. The van der Waals surface area contributed by atoms with E-state index >= 15 is 0 Å². The van der Waals surface area contributed by atoms with E-state index in [0.717, 1.165) is 5.56 Å². The van der Waals surface area contributed by atoms with Crippen molar-refractivity contribution < 1.29 is 27.5 Å². The number of benzene rings is 2. The Labute approximate surface area is 181 Å². The van der Waals surface area contributed by atoms with Crippen LogP contribution < -0.4 is 15.8 Å². The molecule has 2 rings (SSSR count). The molecule has 0 unspecified atom stereocenters. The number of ether oxygens (including phenoxy) is 1. The minimum absolute atomic E-state index is 0.166. The summed E-state index contributed by atoms with van der Waals surface area (Å²) in [6.07, 6.45) is 0. The fraction of sp³-hybridized carbons (Fsp3) is 0.286. The van der Waals surface area contributed by atoms with Crippen molar-refractivity contribution in [2.24, 2.45) is 11.1 Å². The highest BCUT2D eigenvalue weighted by molar-refractivity contribution is 7.89. The zero-order chi connectivity index (χ0) is 23.2. The quantitative estimate of drug-likeness (QED) is 0.524. The highest BCUT2D eigenvalue weighted by Gasteiger charge is 2.27. The first kappa shape index (κ1) is 24.0. The number of nitrogens with two attached hydrogens (primary N) is 1. The Bertz CT molecular complexity index is 1080. The molecule has 10 heteroatoms. The summed E-state index contributed by atoms with van der Waals surface area (Å²) in [5.41, 5.74) is 1.49. The van der Waals surface area contributed by atoms with Crippen molar-refractivity contribution in [1.29, 1.82) is 0 Å². The first-order chi connectivity index (χ1) is 14.5. The van der Waals surface area contributed by atoms with Crippen molar-refractivity contribution in [3.8, 4) is 0 Å². The number of hydrogen-bond donors (Lipinski definition) is 3. The van der Waals surface area contributed by atoms with Crippen molar-refractivity contribution in [2.75, 3.05) is 11.9 Å². The molecule has 0 saturated heterocycles. The number of sulfonamides is 1. The number of nitrogens with one attached hydrogen (secondary N) is 2. The lowest BCUT2D eigenvalue weighted by atomic mass is 10.0. The molecule has 1 atom stereocenters. The topological polar surface area (TPSA) is 145 Å². The minimum atomic E-state index is -3.92. The van der Waals surface area contributed by atoms with Crippen LogP contribution >= 0.6 is 0 Å². The molecule has 0 bridgehead atoms. The average molecular weight is 448 g/mol. The van der Waals surface area contributed by atoms with Crippen LogP contribution in [0.3, 0.4) is 0 Å². The molecule has 9 nitrogen and oxygen atoms in total. The zero-order valence-electron chi connectivity index (χ0n) is 17.4. The standard InChI is InChI=1S/C21H25N3O6S/c1-13(2)19(24-20(26)15-7-4-6-14(3)10-15)21(27)30-12-18(25)23-16-8-5-9-17(11-16)31(22,28)29/h4-11,13,19H,12H2,1-3H3,(H,23,25)(H,24,26)(H2,22,28,29)/t19-/m0/s1. The van der Waals surface area contributed by atoms with Crippen molar-refractivity contribution in [3.63, 3.8) is 0 Å². The molecule has 0 fully saturated rings. The normalized spacial score (nSPS) is 12.2. The lowest BCUT2D eigenvalue weighted by molar-refractivity contribution is -0.150. The van der Waals surface area contributed by atoms with Crippen molar-refractivity contribution in [2.45, 2.75) is 31.7 Å². The van der Waals surface area contributed by atoms with Gasteiger partial charge in [0, 0.05) is 11.3 Å². The van der Waals surface area contributed by atoms with Gasteiger partial charge >= 0.3 is 5.97 Å². The first-order valence-electron chi connectivity index (χ1n) is 9.44. The first-order valence-corrected chi connectivity index (χ1v) is 11.0. The van der Waals surface area contributed by atoms with Gasteiger partial charge in [0.05, 0.1) is 4.90 Å². The van der Waals surface area contributed by atoms with Gasteiger partial charge in [-0.1, -0.05) is 37.6 Å². The summed E-state index contributed by atoms with van der Waals surface area (Å²) in [6.45, 7) is 4.72. The van der Waals surface area contributed by atoms with Crippen molar-refractivity contribution >= 4 is 33.5 Å². The van der Waals surface area contributed by atoms with E-state index < -0.39 is 40.5 Å². The van der Waals surface area contributed by atoms with Gasteiger partial charge in [0.25, 0.3) is 11.8 Å². The number of anilines is 1. The number of carbonyl (C=O) groups is 3. The summed E-state index contributed by atoms with van der Waals surface area (Å²) in [4.78, 5) is 36.8. The number of rotatable bonds is 8. The number of amides is 2. The fourth-order valence-electron chi connectivity index (χ4n) is 2.68. The van der Waals surface area contributed by atoms with Gasteiger partial charge in [-0.25, -0.2) is 18.4 Å². The maximum absolute atomic E-state index is 12.5. The van der Waals surface area contributed by atoms with E-state index in [0.29, 0.717) is 5.56 Å². The number of aryl methyl sites for hydroxylation is 1. The molecule has 0 saturated carbocycles. The lowest BCUT2D eigenvalue weighted by Crippen LogP contribution is -2.46. The lowest BCUT2D eigenvalue weighted by Gasteiger charge is -2.21. The fourth-order valence-corrected chi connectivity index (χ4v) is 3.24. The molecule has 2 aromatic rings.